The molecular formula is C17H32IN3OS. The Morgan fingerprint density at radius 1 is 1.22 bits per heavy atom. The van der Waals surface area contributed by atoms with Crippen molar-refractivity contribution in [3.05, 3.63) is 0 Å². The minimum atomic E-state index is 0. The molecule has 6 heteroatoms. The Labute approximate surface area is 162 Å². The van der Waals surface area contributed by atoms with E-state index in [1.807, 2.05) is 7.05 Å². The number of aliphatic imine (C=N–C) groups is 1. The lowest BCUT2D eigenvalue weighted by atomic mass is 9.68. The maximum Gasteiger partial charge on any atom is 0.193 e. The quantitative estimate of drug-likeness (QED) is 0.403. The first-order valence-corrected chi connectivity index (χ1v) is 9.87. The monoisotopic (exact) mass is 453 g/mol. The van der Waals surface area contributed by atoms with Crippen LogP contribution in [0.2, 0.25) is 0 Å². The highest BCUT2D eigenvalue weighted by Crippen LogP contribution is 2.47. The maximum absolute atomic E-state index is 5.57. The lowest BCUT2D eigenvalue weighted by Crippen LogP contribution is -2.49. The van der Waals surface area contributed by atoms with Crippen molar-refractivity contribution in [2.75, 3.05) is 45.6 Å². The average Bonchev–Trinajstić information content (AvgIpc) is 2.95. The van der Waals surface area contributed by atoms with Gasteiger partial charge in [-0.3, -0.25) is 4.99 Å². The molecule has 134 valence electrons. The zero-order valence-electron chi connectivity index (χ0n) is 14.6. The molecule has 3 fully saturated rings. The van der Waals surface area contributed by atoms with Crippen molar-refractivity contribution in [3.8, 4) is 0 Å². The van der Waals surface area contributed by atoms with Gasteiger partial charge in [0.2, 0.25) is 0 Å². The number of nitrogens with zero attached hydrogens (tertiary/aromatic N) is 2. The van der Waals surface area contributed by atoms with Crippen LogP contribution in [0.3, 0.4) is 0 Å². The molecule has 2 saturated heterocycles. The van der Waals surface area contributed by atoms with Gasteiger partial charge in [0.25, 0.3) is 0 Å². The van der Waals surface area contributed by atoms with Crippen LogP contribution in [0.5, 0.6) is 0 Å². The van der Waals surface area contributed by atoms with E-state index in [2.05, 4.69) is 33.9 Å². The van der Waals surface area contributed by atoms with Crippen LogP contribution in [-0.2, 0) is 4.74 Å². The van der Waals surface area contributed by atoms with E-state index in [4.69, 9.17) is 4.74 Å². The summed E-state index contributed by atoms with van der Waals surface area (Å²) in [4.78, 5) is 7.05. The molecular weight excluding hydrogens is 421 g/mol. The van der Waals surface area contributed by atoms with Gasteiger partial charge in [0, 0.05) is 44.6 Å². The zero-order valence-corrected chi connectivity index (χ0v) is 17.8. The number of likely N-dealkylation sites (tertiary alicyclic amines) is 1. The van der Waals surface area contributed by atoms with Gasteiger partial charge in [0.1, 0.15) is 0 Å². The molecule has 1 spiro atoms. The molecule has 23 heavy (non-hydrogen) atoms. The molecule has 0 aromatic heterocycles. The largest absolute Gasteiger partial charge is 0.381 e. The molecule has 0 unspecified atom stereocenters. The van der Waals surface area contributed by atoms with Gasteiger partial charge in [0.05, 0.1) is 0 Å². The third kappa shape index (κ3) is 4.48. The summed E-state index contributed by atoms with van der Waals surface area (Å²) in [6, 6.07) is 0. The Balaban J connectivity index is 0.00000192. The first kappa shape index (κ1) is 19.6. The summed E-state index contributed by atoms with van der Waals surface area (Å²) in [5, 5.41) is 3.69. The van der Waals surface area contributed by atoms with Crippen molar-refractivity contribution in [1.82, 2.24) is 10.2 Å². The minimum absolute atomic E-state index is 0. The number of rotatable bonds is 4. The van der Waals surface area contributed by atoms with Gasteiger partial charge in [-0.25, -0.2) is 0 Å². The average molecular weight is 453 g/mol. The number of hydrogen-bond acceptors (Lipinski definition) is 3. The number of nitrogens with one attached hydrogen (secondary N) is 1. The number of hydrogen-bond donors (Lipinski definition) is 1. The zero-order chi connectivity index (χ0) is 15.5. The van der Waals surface area contributed by atoms with Crippen molar-refractivity contribution < 1.29 is 4.74 Å². The Morgan fingerprint density at radius 3 is 2.48 bits per heavy atom. The van der Waals surface area contributed by atoms with Crippen LogP contribution in [0.25, 0.3) is 0 Å². The SMILES string of the molecule is CCSC1(CNC(=NC)N2CCC3(CCC3)C2)CCOCC1.I. The molecule has 4 nitrogen and oxygen atoms in total. The topological polar surface area (TPSA) is 36.9 Å². The van der Waals surface area contributed by atoms with Gasteiger partial charge < -0.3 is 15.0 Å². The Kier molecular flexibility index (Phi) is 7.35. The van der Waals surface area contributed by atoms with Crippen LogP contribution in [0.4, 0.5) is 0 Å². The fourth-order valence-electron chi connectivity index (χ4n) is 4.19. The molecule has 1 N–H and O–H groups in total. The van der Waals surface area contributed by atoms with Gasteiger partial charge >= 0.3 is 0 Å². The van der Waals surface area contributed by atoms with Crippen molar-refractivity contribution in [3.63, 3.8) is 0 Å². The Hall–Kier alpha value is 0.310. The molecule has 0 amide bonds. The van der Waals surface area contributed by atoms with Gasteiger partial charge in [0.15, 0.2) is 5.96 Å². The highest BCUT2D eigenvalue weighted by Gasteiger charge is 2.43. The molecule has 3 aliphatic rings. The minimum Gasteiger partial charge on any atom is -0.381 e. The fourth-order valence-corrected chi connectivity index (χ4v) is 5.44. The van der Waals surface area contributed by atoms with Gasteiger partial charge in [-0.05, 0) is 43.3 Å². The maximum atomic E-state index is 5.57. The predicted octanol–water partition coefficient (Wildman–Crippen LogP) is 3.36. The van der Waals surface area contributed by atoms with E-state index < -0.39 is 0 Å². The summed E-state index contributed by atoms with van der Waals surface area (Å²) < 4.78 is 5.90. The molecule has 0 bridgehead atoms. The molecule has 0 radical (unpaired) electrons. The number of ether oxygens (including phenoxy) is 1. The molecule has 0 atom stereocenters. The highest BCUT2D eigenvalue weighted by atomic mass is 127. The van der Waals surface area contributed by atoms with Crippen LogP contribution < -0.4 is 5.32 Å². The number of halogens is 1. The lowest BCUT2D eigenvalue weighted by Gasteiger charge is -2.39. The summed E-state index contributed by atoms with van der Waals surface area (Å²) in [6.07, 6.45) is 7.94. The van der Waals surface area contributed by atoms with Crippen molar-refractivity contribution in [2.24, 2.45) is 10.4 Å². The summed E-state index contributed by atoms with van der Waals surface area (Å²) in [7, 11) is 1.93. The van der Waals surface area contributed by atoms with Crippen molar-refractivity contribution in [2.45, 2.75) is 50.2 Å². The van der Waals surface area contributed by atoms with Crippen LogP contribution in [0.1, 0.15) is 45.4 Å². The predicted molar refractivity (Wildman–Crippen MR) is 110 cm³/mol. The molecule has 3 rings (SSSR count). The second-order valence-electron chi connectivity index (χ2n) is 7.15. The summed E-state index contributed by atoms with van der Waals surface area (Å²) in [5.41, 5.74) is 0.631. The number of guanidine groups is 1. The van der Waals surface area contributed by atoms with E-state index >= 15 is 0 Å². The van der Waals surface area contributed by atoms with E-state index in [0.29, 0.717) is 10.2 Å². The Bertz CT molecular complexity index is 403. The van der Waals surface area contributed by atoms with E-state index in [1.54, 1.807) is 0 Å². The van der Waals surface area contributed by atoms with Crippen LogP contribution in [0.15, 0.2) is 4.99 Å². The van der Waals surface area contributed by atoms with Crippen LogP contribution in [-0.4, -0.2) is 61.3 Å². The third-order valence-corrected chi connectivity index (χ3v) is 7.24. The molecule has 1 aliphatic carbocycles. The normalized spacial score (nSPS) is 25.8. The molecule has 1 saturated carbocycles. The van der Waals surface area contributed by atoms with E-state index in [9.17, 15) is 0 Å². The summed E-state index contributed by atoms with van der Waals surface area (Å²) in [6.45, 7) is 7.48. The van der Waals surface area contributed by atoms with E-state index in [1.165, 1.54) is 44.5 Å². The van der Waals surface area contributed by atoms with Gasteiger partial charge in [-0.15, -0.1) is 24.0 Å². The number of thioether (sulfide) groups is 1. The van der Waals surface area contributed by atoms with E-state index in [-0.39, 0.29) is 24.0 Å². The molecule has 2 heterocycles. The molecule has 0 aromatic carbocycles. The van der Waals surface area contributed by atoms with E-state index in [0.717, 1.165) is 38.6 Å². The Morgan fingerprint density at radius 2 is 1.96 bits per heavy atom. The molecule has 0 aromatic rings. The van der Waals surface area contributed by atoms with Gasteiger partial charge in [-0.2, -0.15) is 11.8 Å². The summed E-state index contributed by atoms with van der Waals surface area (Å²) in [5.74, 6) is 2.29. The lowest BCUT2D eigenvalue weighted by molar-refractivity contribution is 0.0780. The second kappa shape index (κ2) is 8.61. The van der Waals surface area contributed by atoms with Crippen LogP contribution in [0, 0.1) is 5.41 Å². The highest BCUT2D eigenvalue weighted by molar-refractivity contribution is 14.0. The van der Waals surface area contributed by atoms with Crippen LogP contribution >= 0.6 is 35.7 Å². The van der Waals surface area contributed by atoms with Crippen molar-refractivity contribution in [1.29, 1.82) is 0 Å². The standard InChI is InChI=1S/C17H31N3OS.HI/c1-3-22-17(8-11-21-12-9-17)13-19-15(18-2)20-10-7-16(14-20)5-4-6-16;/h3-14H2,1-2H3,(H,18,19);1H. The first-order valence-electron chi connectivity index (χ1n) is 8.88. The van der Waals surface area contributed by atoms with Gasteiger partial charge in [-0.1, -0.05) is 13.3 Å². The first-order chi connectivity index (χ1) is 10.7. The fraction of sp³-hybridized carbons (Fsp3) is 0.941. The smallest absolute Gasteiger partial charge is 0.193 e. The van der Waals surface area contributed by atoms with Crippen molar-refractivity contribution >= 4 is 41.7 Å². The second-order valence-corrected chi connectivity index (χ2v) is 8.89. The molecule has 2 aliphatic heterocycles. The summed E-state index contributed by atoms with van der Waals surface area (Å²) >= 11 is 2.09. The third-order valence-electron chi connectivity index (χ3n) is 5.79.